The van der Waals surface area contributed by atoms with E-state index >= 15 is 0 Å². The van der Waals surface area contributed by atoms with Gasteiger partial charge < -0.3 is 5.32 Å². The highest BCUT2D eigenvalue weighted by Gasteiger charge is 2.37. The van der Waals surface area contributed by atoms with Gasteiger partial charge in [0, 0.05) is 12.6 Å². The summed E-state index contributed by atoms with van der Waals surface area (Å²) < 4.78 is 22.4. The summed E-state index contributed by atoms with van der Waals surface area (Å²) in [5.41, 5.74) is 0.524. The predicted octanol–water partition coefficient (Wildman–Crippen LogP) is 0.953. The van der Waals surface area contributed by atoms with Gasteiger partial charge in [-0.15, -0.1) is 0 Å². The second kappa shape index (κ2) is 3.49. The van der Waals surface area contributed by atoms with Crippen LogP contribution < -0.4 is 5.32 Å². The van der Waals surface area contributed by atoms with Gasteiger partial charge in [0.1, 0.15) is 9.84 Å². The summed E-state index contributed by atoms with van der Waals surface area (Å²) in [6.07, 6.45) is 4.26. The van der Waals surface area contributed by atoms with E-state index in [1.807, 2.05) is 0 Å². The van der Waals surface area contributed by atoms with Gasteiger partial charge in [0.05, 0.1) is 11.5 Å². The first-order valence-electron chi connectivity index (χ1n) is 5.43. The van der Waals surface area contributed by atoms with Crippen molar-refractivity contribution >= 4 is 9.84 Å². The topological polar surface area (TPSA) is 46.2 Å². The molecule has 0 bridgehead atoms. The Labute approximate surface area is 86.2 Å². The highest BCUT2D eigenvalue weighted by atomic mass is 32.2. The largest absolute Gasteiger partial charge is 0.313 e. The summed E-state index contributed by atoms with van der Waals surface area (Å²) in [6, 6.07) is 0.441. The van der Waals surface area contributed by atoms with Crippen molar-refractivity contribution < 1.29 is 8.42 Å². The van der Waals surface area contributed by atoms with Crippen LogP contribution in [-0.4, -0.2) is 32.5 Å². The van der Waals surface area contributed by atoms with Crippen LogP contribution in [0.15, 0.2) is 0 Å². The van der Waals surface area contributed by atoms with E-state index in [1.54, 1.807) is 0 Å². The Balaban J connectivity index is 1.73. The Bertz CT molecular complexity index is 292. The standard InChI is InChI=1S/C10H19NO2S/c1-10(4-5-10)8-11-9-2-6-14(12,13)7-3-9/h9,11H,2-8H2,1H3. The molecule has 1 aliphatic carbocycles. The summed E-state index contributed by atoms with van der Waals surface area (Å²) >= 11 is 0. The molecule has 14 heavy (non-hydrogen) atoms. The number of nitrogens with one attached hydrogen (secondary N) is 1. The summed E-state index contributed by atoms with van der Waals surface area (Å²) in [5.74, 6) is 0.753. The van der Waals surface area contributed by atoms with Crippen molar-refractivity contribution in [3.63, 3.8) is 0 Å². The van der Waals surface area contributed by atoms with E-state index in [9.17, 15) is 8.42 Å². The molecule has 4 heteroatoms. The van der Waals surface area contributed by atoms with Crippen molar-refractivity contribution in [2.75, 3.05) is 18.1 Å². The number of rotatable bonds is 3. The molecule has 82 valence electrons. The average molecular weight is 217 g/mol. The second-order valence-electron chi connectivity index (χ2n) is 5.12. The molecule has 0 unspecified atom stereocenters. The zero-order chi connectivity index (χ0) is 10.2. The average Bonchev–Trinajstić information content (AvgIpc) is 2.83. The second-order valence-corrected chi connectivity index (χ2v) is 7.42. The molecule has 2 aliphatic rings. The maximum Gasteiger partial charge on any atom is 0.150 e. The molecule has 0 amide bonds. The third-order valence-electron chi connectivity index (χ3n) is 3.48. The lowest BCUT2D eigenvalue weighted by Crippen LogP contribution is -2.39. The van der Waals surface area contributed by atoms with Gasteiger partial charge in [0.25, 0.3) is 0 Å². The molecule has 0 spiro atoms. The summed E-state index contributed by atoms with van der Waals surface area (Å²) in [6.45, 7) is 3.36. The molecule has 0 aromatic heterocycles. The van der Waals surface area contributed by atoms with Gasteiger partial charge >= 0.3 is 0 Å². The fraction of sp³-hybridized carbons (Fsp3) is 1.00. The van der Waals surface area contributed by atoms with Gasteiger partial charge in [-0.3, -0.25) is 0 Å². The lowest BCUT2D eigenvalue weighted by Gasteiger charge is -2.24. The van der Waals surface area contributed by atoms with E-state index in [-0.39, 0.29) is 0 Å². The first kappa shape index (κ1) is 10.4. The lowest BCUT2D eigenvalue weighted by atomic mass is 10.1. The van der Waals surface area contributed by atoms with Crippen molar-refractivity contribution in [3.8, 4) is 0 Å². The lowest BCUT2D eigenvalue weighted by molar-refractivity contribution is 0.408. The number of hydrogen-bond donors (Lipinski definition) is 1. The Hall–Kier alpha value is -0.0900. The molecule has 1 aliphatic heterocycles. The van der Waals surface area contributed by atoms with Crippen LogP contribution in [0.2, 0.25) is 0 Å². The Morgan fingerprint density at radius 1 is 1.29 bits per heavy atom. The SMILES string of the molecule is CC1(CNC2CCS(=O)(=O)CC2)CC1. The molecule has 3 nitrogen and oxygen atoms in total. The van der Waals surface area contributed by atoms with Crippen LogP contribution in [0.5, 0.6) is 0 Å². The van der Waals surface area contributed by atoms with Gasteiger partial charge in [0.15, 0.2) is 0 Å². The van der Waals surface area contributed by atoms with Crippen molar-refractivity contribution in [2.24, 2.45) is 5.41 Å². The Morgan fingerprint density at radius 3 is 2.36 bits per heavy atom. The van der Waals surface area contributed by atoms with Gasteiger partial charge in [-0.1, -0.05) is 6.92 Å². The Kier molecular flexibility index (Phi) is 2.60. The van der Waals surface area contributed by atoms with E-state index in [2.05, 4.69) is 12.2 Å². The van der Waals surface area contributed by atoms with Crippen molar-refractivity contribution in [3.05, 3.63) is 0 Å². The normalized spacial score (nSPS) is 30.1. The smallest absolute Gasteiger partial charge is 0.150 e. The van der Waals surface area contributed by atoms with Gasteiger partial charge in [-0.2, -0.15) is 0 Å². The summed E-state index contributed by atoms with van der Waals surface area (Å²) in [5, 5.41) is 3.50. The minimum Gasteiger partial charge on any atom is -0.313 e. The number of sulfone groups is 1. The fourth-order valence-electron chi connectivity index (χ4n) is 1.88. The zero-order valence-corrected chi connectivity index (χ0v) is 9.57. The minimum absolute atomic E-state index is 0.376. The minimum atomic E-state index is -2.69. The monoisotopic (exact) mass is 217 g/mol. The van der Waals surface area contributed by atoms with Crippen LogP contribution in [0.3, 0.4) is 0 Å². The van der Waals surface area contributed by atoms with E-state index < -0.39 is 9.84 Å². The maximum absolute atomic E-state index is 11.2. The van der Waals surface area contributed by atoms with E-state index in [0.717, 1.165) is 19.4 Å². The van der Waals surface area contributed by atoms with E-state index in [1.165, 1.54) is 12.8 Å². The van der Waals surface area contributed by atoms with E-state index in [0.29, 0.717) is 23.0 Å². The first-order chi connectivity index (χ1) is 6.49. The predicted molar refractivity (Wildman–Crippen MR) is 57.0 cm³/mol. The van der Waals surface area contributed by atoms with Gasteiger partial charge in [-0.25, -0.2) is 8.42 Å². The summed E-state index contributed by atoms with van der Waals surface area (Å²) in [7, 11) is -2.69. The molecule has 0 aromatic rings. The van der Waals surface area contributed by atoms with Crippen molar-refractivity contribution in [2.45, 2.75) is 38.6 Å². The third-order valence-corrected chi connectivity index (χ3v) is 5.19. The van der Waals surface area contributed by atoms with Crippen LogP contribution in [0.1, 0.15) is 32.6 Å². The zero-order valence-electron chi connectivity index (χ0n) is 8.75. The molecular formula is C10H19NO2S. The quantitative estimate of drug-likeness (QED) is 0.765. The van der Waals surface area contributed by atoms with Crippen LogP contribution in [0.4, 0.5) is 0 Å². The molecule has 0 atom stereocenters. The van der Waals surface area contributed by atoms with Crippen LogP contribution in [-0.2, 0) is 9.84 Å². The highest BCUT2D eigenvalue weighted by Crippen LogP contribution is 2.44. The molecule has 1 heterocycles. The van der Waals surface area contributed by atoms with Gasteiger partial charge in [0.2, 0.25) is 0 Å². The van der Waals surface area contributed by atoms with Gasteiger partial charge in [-0.05, 0) is 31.1 Å². The first-order valence-corrected chi connectivity index (χ1v) is 7.25. The number of hydrogen-bond acceptors (Lipinski definition) is 3. The molecule has 1 N–H and O–H groups in total. The third kappa shape index (κ3) is 2.70. The Morgan fingerprint density at radius 2 is 1.86 bits per heavy atom. The molecule has 0 aromatic carbocycles. The maximum atomic E-state index is 11.2. The van der Waals surface area contributed by atoms with Crippen molar-refractivity contribution in [1.82, 2.24) is 5.32 Å². The molecule has 1 saturated heterocycles. The molecular weight excluding hydrogens is 198 g/mol. The van der Waals surface area contributed by atoms with Crippen LogP contribution in [0, 0.1) is 5.41 Å². The van der Waals surface area contributed by atoms with E-state index in [4.69, 9.17) is 0 Å². The molecule has 0 radical (unpaired) electrons. The molecule has 2 rings (SSSR count). The fourth-order valence-corrected chi connectivity index (χ4v) is 3.37. The van der Waals surface area contributed by atoms with Crippen LogP contribution >= 0.6 is 0 Å². The molecule has 1 saturated carbocycles. The highest BCUT2D eigenvalue weighted by molar-refractivity contribution is 7.91. The molecule has 2 fully saturated rings. The van der Waals surface area contributed by atoms with Crippen molar-refractivity contribution in [1.29, 1.82) is 0 Å². The summed E-state index contributed by atoms with van der Waals surface area (Å²) in [4.78, 5) is 0. The van der Waals surface area contributed by atoms with Crippen LogP contribution in [0.25, 0.3) is 0 Å².